The van der Waals surface area contributed by atoms with Gasteiger partial charge in [0.15, 0.2) is 28.8 Å². The number of allylic oxidation sites excluding steroid dienone is 7. The number of hydrogen-bond donors (Lipinski definition) is 1. The van der Waals surface area contributed by atoms with Crippen LogP contribution in [0.3, 0.4) is 0 Å². The number of hydrogen-bond acceptors (Lipinski definition) is 7. The first-order chi connectivity index (χ1) is 22.7. The monoisotopic (exact) mass is 689 g/mol. The van der Waals surface area contributed by atoms with Gasteiger partial charge in [0.2, 0.25) is 11.8 Å². The van der Waals surface area contributed by atoms with Crippen molar-refractivity contribution in [2.24, 2.45) is 23.7 Å². The molecular formula is C38H28BrNO7. The number of ketones is 3. The molecule has 2 amide bonds. The summed E-state index contributed by atoms with van der Waals surface area (Å²) in [7, 11) is 1.45. The van der Waals surface area contributed by atoms with Crippen LogP contribution in [0.25, 0.3) is 6.08 Å². The Hall–Kier alpha value is -5.15. The van der Waals surface area contributed by atoms with Crippen LogP contribution < -0.4 is 9.64 Å². The normalized spacial score (nSPS) is 23.7. The highest BCUT2D eigenvalue weighted by Gasteiger charge is 2.56. The second-order valence-electron chi connectivity index (χ2n) is 12.0. The maximum atomic E-state index is 14.2. The minimum Gasteiger partial charge on any atom is -0.504 e. The summed E-state index contributed by atoms with van der Waals surface area (Å²) >= 11 is 3.24. The quantitative estimate of drug-likeness (QED) is 0.143. The molecule has 4 atom stereocenters. The predicted molar refractivity (Wildman–Crippen MR) is 178 cm³/mol. The van der Waals surface area contributed by atoms with Gasteiger partial charge in [-0.2, -0.15) is 0 Å². The number of imide groups is 1. The zero-order chi connectivity index (χ0) is 33.0. The number of anilines is 1. The Morgan fingerprint density at radius 1 is 0.936 bits per heavy atom. The molecule has 9 heteroatoms. The minimum absolute atomic E-state index is 0.0113. The maximum absolute atomic E-state index is 14.2. The Labute approximate surface area is 278 Å². The molecule has 3 aliphatic carbocycles. The van der Waals surface area contributed by atoms with E-state index in [-0.39, 0.29) is 51.6 Å². The average molecular weight is 691 g/mol. The summed E-state index contributed by atoms with van der Waals surface area (Å²) < 4.78 is 5.40. The van der Waals surface area contributed by atoms with Gasteiger partial charge in [-0.05, 0) is 76.7 Å². The van der Waals surface area contributed by atoms with Crippen LogP contribution in [0, 0.1) is 23.7 Å². The highest BCUT2D eigenvalue weighted by molar-refractivity contribution is 9.12. The summed E-state index contributed by atoms with van der Waals surface area (Å²) in [5.74, 6) is -3.59. The zero-order valence-electron chi connectivity index (χ0n) is 25.2. The van der Waals surface area contributed by atoms with Crippen molar-refractivity contribution in [2.75, 3.05) is 12.0 Å². The molecule has 234 valence electrons. The van der Waals surface area contributed by atoms with E-state index in [4.69, 9.17) is 4.74 Å². The highest BCUT2D eigenvalue weighted by atomic mass is 79.9. The molecule has 1 aliphatic heterocycles. The molecule has 1 saturated heterocycles. The number of aromatic hydroxyl groups is 1. The smallest absolute Gasteiger partial charge is 0.238 e. The Morgan fingerprint density at radius 2 is 1.66 bits per heavy atom. The Morgan fingerprint density at radius 3 is 2.38 bits per heavy atom. The number of benzene rings is 3. The SMILES string of the molecule is COc1cc(C=CC2C3=CCC4C(=O)N(c5ccc(C(=O)c6ccccc6)cc5)C(=O)C4C3CC3=C2C(=O)C=C(Br)C3=O)ccc1O. The van der Waals surface area contributed by atoms with Crippen LogP contribution in [-0.4, -0.2) is 41.4 Å². The Kier molecular flexibility index (Phi) is 7.72. The number of methoxy groups -OCH3 is 1. The van der Waals surface area contributed by atoms with Crippen LogP contribution >= 0.6 is 15.9 Å². The lowest BCUT2D eigenvalue weighted by molar-refractivity contribution is -0.123. The lowest BCUT2D eigenvalue weighted by Crippen LogP contribution is -2.40. The summed E-state index contributed by atoms with van der Waals surface area (Å²) in [5.41, 5.74) is 3.59. The van der Waals surface area contributed by atoms with Crippen molar-refractivity contribution in [3.05, 3.63) is 129 Å². The van der Waals surface area contributed by atoms with Crippen LogP contribution in [0.5, 0.6) is 11.5 Å². The number of fused-ring (bicyclic) bond motifs is 3. The fraction of sp³-hybridized carbons (Fsp3) is 0.184. The topological polar surface area (TPSA) is 118 Å². The number of nitrogens with zero attached hydrogens (tertiary/aromatic N) is 1. The number of rotatable bonds is 6. The lowest BCUT2D eigenvalue weighted by atomic mass is 9.61. The molecule has 1 fully saturated rings. The van der Waals surface area contributed by atoms with Crippen molar-refractivity contribution in [3.8, 4) is 11.5 Å². The van der Waals surface area contributed by atoms with E-state index in [9.17, 15) is 29.1 Å². The van der Waals surface area contributed by atoms with Crippen LogP contribution in [0.15, 0.2) is 112 Å². The van der Waals surface area contributed by atoms with Crippen molar-refractivity contribution in [2.45, 2.75) is 12.8 Å². The molecule has 1 heterocycles. The summed E-state index contributed by atoms with van der Waals surface area (Å²) in [5, 5.41) is 10.0. The molecule has 4 unspecified atom stereocenters. The van der Waals surface area contributed by atoms with E-state index in [1.807, 2.05) is 18.2 Å². The van der Waals surface area contributed by atoms with Gasteiger partial charge in [-0.1, -0.05) is 60.2 Å². The van der Waals surface area contributed by atoms with E-state index >= 15 is 0 Å². The van der Waals surface area contributed by atoms with E-state index in [1.165, 1.54) is 24.2 Å². The van der Waals surface area contributed by atoms with E-state index in [0.29, 0.717) is 39.9 Å². The summed E-state index contributed by atoms with van der Waals surface area (Å²) in [6.45, 7) is 0. The summed E-state index contributed by atoms with van der Waals surface area (Å²) in [6.07, 6.45) is 7.33. The molecule has 0 aromatic heterocycles. The van der Waals surface area contributed by atoms with Crippen molar-refractivity contribution in [1.82, 2.24) is 0 Å². The number of phenols is 1. The van der Waals surface area contributed by atoms with E-state index in [2.05, 4.69) is 15.9 Å². The van der Waals surface area contributed by atoms with Crippen molar-refractivity contribution in [1.29, 1.82) is 0 Å². The van der Waals surface area contributed by atoms with Gasteiger partial charge in [0.1, 0.15) is 0 Å². The van der Waals surface area contributed by atoms with Crippen molar-refractivity contribution in [3.63, 3.8) is 0 Å². The second kappa shape index (κ2) is 11.9. The molecular weight excluding hydrogens is 662 g/mol. The molecule has 0 spiro atoms. The number of phenolic OH excluding ortho intramolecular Hbond substituents is 1. The largest absolute Gasteiger partial charge is 0.504 e. The fourth-order valence-corrected chi connectivity index (χ4v) is 7.71. The molecule has 0 bridgehead atoms. The first-order valence-corrected chi connectivity index (χ1v) is 16.0. The third-order valence-electron chi connectivity index (χ3n) is 9.49. The number of halogens is 1. The van der Waals surface area contributed by atoms with Gasteiger partial charge < -0.3 is 9.84 Å². The van der Waals surface area contributed by atoms with Gasteiger partial charge in [0, 0.05) is 34.3 Å². The maximum Gasteiger partial charge on any atom is 0.238 e. The molecule has 4 aliphatic rings. The molecule has 1 N–H and O–H groups in total. The zero-order valence-corrected chi connectivity index (χ0v) is 26.8. The van der Waals surface area contributed by atoms with Crippen LogP contribution in [0.4, 0.5) is 5.69 Å². The van der Waals surface area contributed by atoms with Crippen LogP contribution in [0.1, 0.15) is 34.3 Å². The van der Waals surface area contributed by atoms with E-state index < -0.39 is 23.7 Å². The predicted octanol–water partition coefficient (Wildman–Crippen LogP) is 6.14. The first-order valence-electron chi connectivity index (χ1n) is 15.2. The van der Waals surface area contributed by atoms with Gasteiger partial charge in [0.25, 0.3) is 0 Å². The van der Waals surface area contributed by atoms with Gasteiger partial charge in [-0.15, -0.1) is 0 Å². The van der Waals surface area contributed by atoms with Gasteiger partial charge in [-0.25, -0.2) is 0 Å². The number of carbonyl (C=O) groups excluding carboxylic acids is 5. The van der Waals surface area contributed by atoms with Crippen molar-refractivity contribution < 1.29 is 33.8 Å². The Bertz CT molecular complexity index is 2000. The highest BCUT2D eigenvalue weighted by Crippen LogP contribution is 2.53. The number of carbonyl (C=O) groups is 5. The molecule has 0 saturated carbocycles. The fourth-order valence-electron chi connectivity index (χ4n) is 7.26. The number of amides is 2. The lowest BCUT2D eigenvalue weighted by Gasteiger charge is -2.41. The number of ether oxygens (including phenoxy) is 1. The van der Waals surface area contributed by atoms with Gasteiger partial charge in [0.05, 0.1) is 29.1 Å². The van der Waals surface area contributed by atoms with Gasteiger partial charge in [-0.3, -0.25) is 28.9 Å². The van der Waals surface area contributed by atoms with Crippen LogP contribution in [0.2, 0.25) is 0 Å². The number of Topliss-reactive ketones (excluding diaryl/α,β-unsaturated/α-hetero) is 1. The van der Waals surface area contributed by atoms with Crippen molar-refractivity contribution >= 4 is 56.9 Å². The van der Waals surface area contributed by atoms with E-state index in [1.54, 1.807) is 66.7 Å². The van der Waals surface area contributed by atoms with E-state index in [0.717, 1.165) is 5.57 Å². The van der Waals surface area contributed by atoms with Crippen LogP contribution in [-0.2, 0) is 19.2 Å². The standard InChI is InChI=1S/C38H28BrNO7/c1-47-32-17-20(8-16-30(32)41)7-13-25-24-14-15-26-34(27(24)18-28-33(25)31(42)19-29(39)36(28)44)38(46)40(37(26)45)23-11-9-22(10-12-23)35(43)21-5-3-2-4-6-21/h2-14,16-17,19,25-27,34,41H,15,18H2,1H3. The molecule has 47 heavy (non-hydrogen) atoms. The third-order valence-corrected chi connectivity index (χ3v) is 10.1. The third kappa shape index (κ3) is 5.11. The summed E-state index contributed by atoms with van der Waals surface area (Å²) in [6, 6.07) is 20.2. The molecule has 3 aromatic rings. The molecule has 8 nitrogen and oxygen atoms in total. The molecule has 3 aromatic carbocycles. The second-order valence-corrected chi connectivity index (χ2v) is 12.8. The summed E-state index contributed by atoms with van der Waals surface area (Å²) in [4.78, 5) is 68.9. The first kappa shape index (κ1) is 30.5. The molecule has 0 radical (unpaired) electrons. The Balaban J connectivity index is 1.23. The molecule has 7 rings (SSSR count). The minimum atomic E-state index is -0.723. The average Bonchev–Trinajstić information content (AvgIpc) is 3.35. The van der Waals surface area contributed by atoms with Gasteiger partial charge >= 0.3 is 0 Å².